The third-order valence-electron chi connectivity index (χ3n) is 3.13. The van der Waals surface area contributed by atoms with E-state index in [1.54, 1.807) is 0 Å². The maximum Gasteiger partial charge on any atom is 0.0497 e. The summed E-state index contributed by atoms with van der Waals surface area (Å²) in [4.78, 5) is 3.51. The van der Waals surface area contributed by atoms with Gasteiger partial charge in [-0.05, 0) is 65.8 Å². The van der Waals surface area contributed by atoms with Crippen LogP contribution in [-0.4, -0.2) is 4.98 Å². The van der Waals surface area contributed by atoms with Gasteiger partial charge >= 0.3 is 0 Å². The quantitative estimate of drug-likeness (QED) is 0.585. The molecule has 80 valence electrons. The van der Waals surface area contributed by atoms with Crippen LogP contribution < -0.4 is 0 Å². The van der Waals surface area contributed by atoms with Gasteiger partial charge in [0.2, 0.25) is 0 Å². The van der Waals surface area contributed by atoms with E-state index in [0.717, 1.165) is 0 Å². The van der Waals surface area contributed by atoms with Gasteiger partial charge < -0.3 is 4.98 Å². The average Bonchev–Trinajstić information content (AvgIpc) is 2.63. The van der Waals surface area contributed by atoms with Crippen LogP contribution in [0.3, 0.4) is 0 Å². The molecule has 1 aromatic heterocycles. The lowest BCUT2D eigenvalue weighted by Crippen LogP contribution is -1.79. The molecule has 0 aliphatic carbocycles. The highest BCUT2D eigenvalue weighted by Crippen LogP contribution is 2.31. The van der Waals surface area contributed by atoms with Crippen LogP contribution in [0.5, 0.6) is 0 Å². The number of hydrogen-bond donors (Lipinski definition) is 1. The van der Waals surface area contributed by atoms with Crippen LogP contribution in [-0.2, 0) is 0 Å². The maximum absolute atomic E-state index is 3.51. The van der Waals surface area contributed by atoms with Crippen molar-refractivity contribution in [1.82, 2.24) is 4.98 Å². The fourth-order valence-electron chi connectivity index (χ4n) is 2.29. The molecule has 0 aliphatic rings. The minimum absolute atomic E-state index is 1.23. The third kappa shape index (κ3) is 1.36. The summed E-state index contributed by atoms with van der Waals surface area (Å²) in [5.74, 6) is 0. The molecule has 0 unspecified atom stereocenters. The Kier molecular flexibility index (Phi) is 2.21. The number of benzene rings is 2. The van der Waals surface area contributed by atoms with Gasteiger partial charge in [0.15, 0.2) is 0 Å². The summed E-state index contributed by atoms with van der Waals surface area (Å²) in [5, 5.41) is 2.71. The van der Waals surface area contributed by atoms with Crippen LogP contribution in [0.1, 0.15) is 11.1 Å². The Hall–Kier alpha value is -1.03. The number of halogens is 1. The van der Waals surface area contributed by atoms with E-state index in [4.69, 9.17) is 0 Å². The van der Waals surface area contributed by atoms with E-state index in [1.807, 2.05) is 0 Å². The number of aromatic nitrogens is 1. The minimum atomic E-state index is 1.23. The molecular formula is C14H12IN. The third-order valence-corrected chi connectivity index (χ3v) is 3.80. The van der Waals surface area contributed by atoms with E-state index >= 15 is 0 Å². The number of hydrogen-bond acceptors (Lipinski definition) is 0. The number of rotatable bonds is 0. The first-order valence-electron chi connectivity index (χ1n) is 5.34. The lowest BCUT2D eigenvalue weighted by atomic mass is 10.0. The SMILES string of the molecule is Cc1ccc(C)c2c1[nH]c1ccc(I)cc12. The molecule has 2 aromatic carbocycles. The minimum Gasteiger partial charge on any atom is -0.354 e. The number of aromatic amines is 1. The highest BCUT2D eigenvalue weighted by atomic mass is 127. The Morgan fingerprint density at radius 3 is 2.56 bits per heavy atom. The molecule has 0 bridgehead atoms. The zero-order valence-corrected chi connectivity index (χ0v) is 11.4. The summed E-state index contributed by atoms with van der Waals surface area (Å²) in [5.41, 5.74) is 5.16. The summed E-state index contributed by atoms with van der Waals surface area (Å²) < 4.78 is 1.28. The fraction of sp³-hybridized carbons (Fsp3) is 0.143. The van der Waals surface area contributed by atoms with Crippen molar-refractivity contribution in [3.8, 4) is 0 Å². The lowest BCUT2D eigenvalue weighted by molar-refractivity contribution is 1.42. The topological polar surface area (TPSA) is 15.8 Å². The van der Waals surface area contributed by atoms with Gasteiger partial charge in [-0.1, -0.05) is 12.1 Å². The van der Waals surface area contributed by atoms with E-state index in [0.29, 0.717) is 0 Å². The molecule has 0 saturated carbocycles. The first-order chi connectivity index (χ1) is 7.66. The van der Waals surface area contributed by atoms with Crippen molar-refractivity contribution in [2.75, 3.05) is 0 Å². The Morgan fingerprint density at radius 2 is 1.75 bits per heavy atom. The molecule has 3 aromatic rings. The van der Waals surface area contributed by atoms with Crippen LogP contribution >= 0.6 is 22.6 Å². The van der Waals surface area contributed by atoms with Crippen LogP contribution in [0.4, 0.5) is 0 Å². The maximum atomic E-state index is 3.51. The molecular weight excluding hydrogens is 309 g/mol. The summed E-state index contributed by atoms with van der Waals surface area (Å²) in [6.07, 6.45) is 0. The summed E-state index contributed by atoms with van der Waals surface area (Å²) in [6, 6.07) is 10.9. The molecule has 0 spiro atoms. The van der Waals surface area contributed by atoms with E-state index in [9.17, 15) is 0 Å². The molecule has 0 fully saturated rings. The first-order valence-corrected chi connectivity index (χ1v) is 6.42. The van der Waals surface area contributed by atoms with Gasteiger partial charge in [0.25, 0.3) is 0 Å². The van der Waals surface area contributed by atoms with Crippen LogP contribution in [0.15, 0.2) is 30.3 Å². The van der Waals surface area contributed by atoms with Gasteiger partial charge in [0, 0.05) is 25.4 Å². The predicted molar refractivity (Wildman–Crippen MR) is 78.0 cm³/mol. The number of aryl methyl sites for hydroxylation is 2. The zero-order chi connectivity index (χ0) is 11.3. The zero-order valence-electron chi connectivity index (χ0n) is 9.26. The van der Waals surface area contributed by atoms with E-state index in [1.165, 1.54) is 36.5 Å². The molecule has 0 radical (unpaired) electrons. The lowest BCUT2D eigenvalue weighted by Gasteiger charge is -2.00. The average molecular weight is 321 g/mol. The van der Waals surface area contributed by atoms with Crippen molar-refractivity contribution in [3.05, 3.63) is 45.0 Å². The smallest absolute Gasteiger partial charge is 0.0497 e. The van der Waals surface area contributed by atoms with Crippen molar-refractivity contribution in [2.45, 2.75) is 13.8 Å². The predicted octanol–water partition coefficient (Wildman–Crippen LogP) is 4.54. The molecule has 3 rings (SSSR count). The van der Waals surface area contributed by atoms with E-state index in [-0.39, 0.29) is 0 Å². The van der Waals surface area contributed by atoms with Crippen molar-refractivity contribution in [1.29, 1.82) is 0 Å². The molecule has 1 heterocycles. The van der Waals surface area contributed by atoms with Gasteiger partial charge in [-0.25, -0.2) is 0 Å². The normalized spacial score (nSPS) is 11.4. The Labute approximate surface area is 108 Å². The van der Waals surface area contributed by atoms with E-state index in [2.05, 4.69) is 71.8 Å². The molecule has 0 amide bonds. The first kappa shape index (κ1) is 10.1. The Bertz CT molecular complexity index is 695. The van der Waals surface area contributed by atoms with Gasteiger partial charge in [-0.2, -0.15) is 0 Å². The van der Waals surface area contributed by atoms with Crippen molar-refractivity contribution in [3.63, 3.8) is 0 Å². The Balaban J connectivity index is 2.62. The van der Waals surface area contributed by atoms with Crippen molar-refractivity contribution < 1.29 is 0 Å². The second-order valence-electron chi connectivity index (χ2n) is 4.26. The number of fused-ring (bicyclic) bond motifs is 3. The number of nitrogens with one attached hydrogen (secondary N) is 1. The monoisotopic (exact) mass is 321 g/mol. The van der Waals surface area contributed by atoms with Crippen molar-refractivity contribution in [2.24, 2.45) is 0 Å². The summed E-state index contributed by atoms with van der Waals surface area (Å²) in [6.45, 7) is 4.33. The van der Waals surface area contributed by atoms with Gasteiger partial charge in [0.05, 0.1) is 0 Å². The molecule has 0 aliphatic heterocycles. The van der Waals surface area contributed by atoms with Gasteiger partial charge in [-0.15, -0.1) is 0 Å². The largest absolute Gasteiger partial charge is 0.354 e. The molecule has 1 N–H and O–H groups in total. The summed E-state index contributed by atoms with van der Waals surface area (Å²) >= 11 is 2.36. The molecule has 2 heteroatoms. The Morgan fingerprint density at radius 1 is 1.00 bits per heavy atom. The molecule has 0 saturated heterocycles. The molecule has 0 atom stereocenters. The second-order valence-corrected chi connectivity index (χ2v) is 5.51. The van der Waals surface area contributed by atoms with Crippen LogP contribution in [0.25, 0.3) is 21.8 Å². The standard InChI is InChI=1S/C14H12IN/c1-8-3-4-9(2)14-13(8)11-7-10(15)5-6-12(11)16-14/h3-7,16H,1-2H3. The van der Waals surface area contributed by atoms with Crippen molar-refractivity contribution >= 4 is 44.4 Å². The second kappa shape index (κ2) is 3.48. The van der Waals surface area contributed by atoms with Gasteiger partial charge in [-0.3, -0.25) is 0 Å². The molecule has 1 nitrogen and oxygen atoms in total. The fourth-order valence-corrected chi connectivity index (χ4v) is 2.78. The highest BCUT2D eigenvalue weighted by Gasteiger charge is 2.08. The molecule has 16 heavy (non-hydrogen) atoms. The van der Waals surface area contributed by atoms with E-state index < -0.39 is 0 Å². The van der Waals surface area contributed by atoms with Crippen LogP contribution in [0, 0.1) is 17.4 Å². The number of H-pyrrole nitrogens is 1. The highest BCUT2D eigenvalue weighted by molar-refractivity contribution is 14.1. The van der Waals surface area contributed by atoms with Crippen LogP contribution in [0.2, 0.25) is 0 Å². The summed E-state index contributed by atoms with van der Waals surface area (Å²) in [7, 11) is 0. The van der Waals surface area contributed by atoms with Gasteiger partial charge in [0.1, 0.15) is 0 Å².